The van der Waals surface area contributed by atoms with Gasteiger partial charge in [0.1, 0.15) is 5.60 Å². The van der Waals surface area contributed by atoms with Gasteiger partial charge in [-0.25, -0.2) is 9.59 Å². The zero-order valence-electron chi connectivity index (χ0n) is 12.7. The lowest BCUT2D eigenvalue weighted by molar-refractivity contribution is 0.0528. The summed E-state index contributed by atoms with van der Waals surface area (Å²) in [7, 11) is 0. The van der Waals surface area contributed by atoms with E-state index in [4.69, 9.17) is 9.47 Å². The topological polar surface area (TPSA) is 76.7 Å². The number of rotatable bonds is 6. The van der Waals surface area contributed by atoms with Gasteiger partial charge in [0.15, 0.2) is 0 Å². The largest absolute Gasteiger partial charge is 0.444 e. The highest BCUT2D eigenvalue weighted by Crippen LogP contribution is 2.08. The van der Waals surface area contributed by atoms with E-state index in [1.54, 1.807) is 27.7 Å². The van der Waals surface area contributed by atoms with Gasteiger partial charge in [0, 0.05) is 18.3 Å². The van der Waals surface area contributed by atoms with Crippen molar-refractivity contribution in [3.8, 4) is 0 Å². The first kappa shape index (κ1) is 18.6. The molecule has 0 aliphatic rings. The number of allylic oxidation sites excluding steroid dienone is 1. The zero-order chi connectivity index (χ0) is 15.8. The fourth-order valence-corrected chi connectivity index (χ4v) is 1.64. The Kier molecular flexibility index (Phi) is 8.13. The SMILES string of the molecule is C=C(C)OC(=O)NCC(CNC(=O)OC(C)(C)C)SC. The molecule has 0 aliphatic heterocycles. The van der Waals surface area contributed by atoms with Crippen molar-refractivity contribution in [2.75, 3.05) is 19.3 Å². The monoisotopic (exact) mass is 304 g/mol. The average molecular weight is 304 g/mol. The predicted octanol–water partition coefficient (Wildman–Crippen LogP) is 2.50. The minimum Gasteiger partial charge on any atom is -0.444 e. The number of carbonyl (C=O) groups excluding carboxylic acids is 2. The second kappa shape index (κ2) is 8.73. The molecule has 116 valence electrons. The van der Waals surface area contributed by atoms with Crippen molar-refractivity contribution in [2.45, 2.75) is 38.5 Å². The first-order valence-corrected chi connectivity index (χ1v) is 7.53. The molecule has 0 aromatic rings. The van der Waals surface area contributed by atoms with Crippen LogP contribution in [0, 0.1) is 0 Å². The molecule has 0 saturated carbocycles. The normalized spacial score (nSPS) is 12.2. The molecule has 0 rings (SSSR count). The average Bonchev–Trinajstić information content (AvgIpc) is 2.25. The highest BCUT2D eigenvalue weighted by molar-refractivity contribution is 7.99. The standard InChI is InChI=1S/C13H24N2O4S/c1-9(2)18-11(16)14-7-10(20-6)8-15-12(17)19-13(3,4)5/h10H,1,7-8H2,2-6H3,(H,14,16)(H,15,17). The maximum atomic E-state index is 11.5. The fourth-order valence-electron chi connectivity index (χ4n) is 1.14. The number of nitrogens with one attached hydrogen (secondary N) is 2. The molecule has 1 unspecified atom stereocenters. The molecule has 2 amide bonds. The van der Waals surface area contributed by atoms with Gasteiger partial charge in [-0.1, -0.05) is 6.58 Å². The lowest BCUT2D eigenvalue weighted by Crippen LogP contribution is -2.40. The third-order valence-corrected chi connectivity index (χ3v) is 2.95. The van der Waals surface area contributed by atoms with Gasteiger partial charge in [-0.3, -0.25) is 0 Å². The van der Waals surface area contributed by atoms with E-state index in [0.717, 1.165) is 0 Å². The van der Waals surface area contributed by atoms with Gasteiger partial charge in [0.25, 0.3) is 0 Å². The van der Waals surface area contributed by atoms with Crippen LogP contribution in [-0.2, 0) is 9.47 Å². The number of thioether (sulfide) groups is 1. The van der Waals surface area contributed by atoms with E-state index in [1.807, 2.05) is 6.26 Å². The van der Waals surface area contributed by atoms with Crippen molar-refractivity contribution in [1.82, 2.24) is 10.6 Å². The van der Waals surface area contributed by atoms with E-state index in [-0.39, 0.29) is 5.25 Å². The van der Waals surface area contributed by atoms with E-state index < -0.39 is 17.8 Å². The van der Waals surface area contributed by atoms with Crippen LogP contribution in [0.5, 0.6) is 0 Å². The van der Waals surface area contributed by atoms with Crippen molar-refractivity contribution in [2.24, 2.45) is 0 Å². The molecule has 0 aliphatic carbocycles. The molecule has 0 bridgehead atoms. The summed E-state index contributed by atoms with van der Waals surface area (Å²) in [6.45, 7) is 11.2. The number of ether oxygens (including phenoxy) is 2. The molecule has 0 heterocycles. The lowest BCUT2D eigenvalue weighted by atomic mass is 10.2. The van der Waals surface area contributed by atoms with Crippen molar-refractivity contribution in [3.05, 3.63) is 12.3 Å². The highest BCUT2D eigenvalue weighted by atomic mass is 32.2. The van der Waals surface area contributed by atoms with Crippen LogP contribution in [0.2, 0.25) is 0 Å². The lowest BCUT2D eigenvalue weighted by Gasteiger charge is -2.21. The third kappa shape index (κ3) is 10.5. The molecule has 0 aromatic heterocycles. The van der Waals surface area contributed by atoms with Gasteiger partial charge in [0.2, 0.25) is 0 Å². The summed E-state index contributed by atoms with van der Waals surface area (Å²) >= 11 is 1.53. The molecule has 1 atom stereocenters. The Labute approximate surface area is 124 Å². The van der Waals surface area contributed by atoms with Crippen molar-refractivity contribution < 1.29 is 19.1 Å². The molecular weight excluding hydrogens is 280 g/mol. The molecule has 0 spiro atoms. The van der Waals surface area contributed by atoms with Crippen molar-refractivity contribution in [3.63, 3.8) is 0 Å². The summed E-state index contributed by atoms with van der Waals surface area (Å²) in [6, 6.07) is 0. The second-order valence-electron chi connectivity index (χ2n) is 5.21. The van der Waals surface area contributed by atoms with Crippen molar-refractivity contribution >= 4 is 23.9 Å². The number of carbonyl (C=O) groups is 2. The van der Waals surface area contributed by atoms with E-state index in [9.17, 15) is 9.59 Å². The van der Waals surface area contributed by atoms with Gasteiger partial charge in [-0.15, -0.1) is 0 Å². The summed E-state index contributed by atoms with van der Waals surface area (Å²) in [5, 5.41) is 5.29. The Morgan fingerprint density at radius 1 is 1.20 bits per heavy atom. The van der Waals surface area contributed by atoms with E-state index in [0.29, 0.717) is 18.8 Å². The summed E-state index contributed by atoms with van der Waals surface area (Å²) in [5.74, 6) is 0.329. The smallest absolute Gasteiger partial charge is 0.412 e. The van der Waals surface area contributed by atoms with Crippen LogP contribution in [0.4, 0.5) is 9.59 Å². The summed E-state index contributed by atoms with van der Waals surface area (Å²) in [6.07, 6.45) is 0.877. The molecule has 7 heteroatoms. The minimum absolute atomic E-state index is 0.0280. The fraction of sp³-hybridized carbons (Fsp3) is 0.692. The number of hydrogen-bond donors (Lipinski definition) is 2. The van der Waals surface area contributed by atoms with Crippen LogP contribution in [0.15, 0.2) is 12.3 Å². The molecule has 0 fully saturated rings. The Morgan fingerprint density at radius 3 is 2.10 bits per heavy atom. The van der Waals surface area contributed by atoms with Crippen LogP contribution < -0.4 is 10.6 Å². The molecule has 20 heavy (non-hydrogen) atoms. The molecule has 0 radical (unpaired) electrons. The molecule has 6 nitrogen and oxygen atoms in total. The third-order valence-electron chi connectivity index (χ3n) is 1.95. The number of hydrogen-bond acceptors (Lipinski definition) is 5. The van der Waals surface area contributed by atoms with Crippen LogP contribution in [0.1, 0.15) is 27.7 Å². The summed E-state index contributed by atoms with van der Waals surface area (Å²) in [5.41, 5.74) is -0.525. The quantitative estimate of drug-likeness (QED) is 0.737. The zero-order valence-corrected chi connectivity index (χ0v) is 13.6. The first-order valence-electron chi connectivity index (χ1n) is 6.25. The van der Waals surface area contributed by atoms with Crippen LogP contribution in [0.25, 0.3) is 0 Å². The molecule has 0 aromatic carbocycles. The molecule has 0 saturated heterocycles. The van der Waals surface area contributed by atoms with Gasteiger partial charge in [0.05, 0.1) is 5.76 Å². The van der Waals surface area contributed by atoms with E-state index >= 15 is 0 Å². The number of alkyl carbamates (subject to hydrolysis) is 2. The maximum absolute atomic E-state index is 11.5. The summed E-state index contributed by atoms with van der Waals surface area (Å²) < 4.78 is 9.90. The molecule has 2 N–H and O–H groups in total. The van der Waals surface area contributed by atoms with Gasteiger partial charge >= 0.3 is 12.2 Å². The van der Waals surface area contributed by atoms with Crippen LogP contribution in [0.3, 0.4) is 0 Å². The first-order chi connectivity index (χ1) is 9.14. The Hall–Kier alpha value is -1.37. The Bertz CT molecular complexity index is 353. The second-order valence-corrected chi connectivity index (χ2v) is 6.35. The van der Waals surface area contributed by atoms with Crippen molar-refractivity contribution in [1.29, 1.82) is 0 Å². The van der Waals surface area contributed by atoms with Gasteiger partial charge in [-0.2, -0.15) is 11.8 Å². The summed E-state index contributed by atoms with van der Waals surface area (Å²) in [4.78, 5) is 22.8. The predicted molar refractivity (Wildman–Crippen MR) is 80.8 cm³/mol. The Balaban J connectivity index is 4.01. The van der Waals surface area contributed by atoms with Gasteiger partial charge in [-0.05, 0) is 34.0 Å². The minimum atomic E-state index is -0.547. The number of amides is 2. The highest BCUT2D eigenvalue weighted by Gasteiger charge is 2.17. The van der Waals surface area contributed by atoms with Gasteiger partial charge < -0.3 is 20.1 Å². The Morgan fingerprint density at radius 2 is 1.70 bits per heavy atom. The molecular formula is C13H24N2O4S. The van der Waals surface area contributed by atoms with Crippen LogP contribution in [-0.4, -0.2) is 42.4 Å². The van der Waals surface area contributed by atoms with E-state index in [2.05, 4.69) is 17.2 Å². The van der Waals surface area contributed by atoms with Crippen LogP contribution >= 0.6 is 11.8 Å². The van der Waals surface area contributed by atoms with E-state index in [1.165, 1.54) is 11.8 Å². The maximum Gasteiger partial charge on any atom is 0.412 e.